The molecule has 0 bridgehead atoms. The number of pyridine rings is 1. The second-order valence-electron chi connectivity index (χ2n) is 20.4. The molecule has 5 aromatic rings. The third-order valence-corrected chi connectivity index (χ3v) is 15.1. The van der Waals surface area contributed by atoms with Crippen molar-refractivity contribution in [1.29, 1.82) is 0 Å². The van der Waals surface area contributed by atoms with E-state index in [0.717, 1.165) is 64.0 Å². The average Bonchev–Trinajstić information content (AvgIpc) is 3.82. The number of aromatic nitrogens is 4. The number of nitrogens with one attached hydrogen (secondary N) is 2. The molecule has 70 heavy (non-hydrogen) atoms. The predicted molar refractivity (Wildman–Crippen MR) is 269 cm³/mol. The maximum absolute atomic E-state index is 14.0. The van der Waals surface area contributed by atoms with E-state index in [1.165, 1.54) is 21.9 Å². The van der Waals surface area contributed by atoms with Gasteiger partial charge in [0.05, 0.1) is 29.1 Å². The van der Waals surface area contributed by atoms with Crippen LogP contribution in [0.1, 0.15) is 80.3 Å². The van der Waals surface area contributed by atoms with Gasteiger partial charge in [-0.05, 0) is 118 Å². The van der Waals surface area contributed by atoms with Crippen molar-refractivity contribution in [2.75, 3.05) is 64.6 Å². The van der Waals surface area contributed by atoms with Crippen molar-refractivity contribution >= 4 is 57.8 Å². The second-order valence-corrected chi connectivity index (χ2v) is 20.8. The summed E-state index contributed by atoms with van der Waals surface area (Å²) < 4.78 is 45.5. The van der Waals surface area contributed by atoms with E-state index >= 15 is 0 Å². The van der Waals surface area contributed by atoms with Crippen LogP contribution < -0.4 is 30.9 Å². The van der Waals surface area contributed by atoms with Crippen LogP contribution in [0.3, 0.4) is 0 Å². The van der Waals surface area contributed by atoms with Crippen LogP contribution in [0.2, 0.25) is 5.02 Å². The van der Waals surface area contributed by atoms with Crippen molar-refractivity contribution in [3.8, 4) is 11.3 Å². The summed E-state index contributed by atoms with van der Waals surface area (Å²) in [6.45, 7) is 16.7. The molecule has 2 aromatic carbocycles. The number of aryl methyl sites for hydroxylation is 1. The van der Waals surface area contributed by atoms with E-state index in [1.54, 1.807) is 54.7 Å². The molecule has 2 fully saturated rings. The van der Waals surface area contributed by atoms with Gasteiger partial charge in [-0.2, -0.15) is 13.2 Å². The average molecular weight is 982 g/mol. The Morgan fingerprint density at radius 3 is 2.46 bits per heavy atom. The Hall–Kier alpha value is -6.17. The summed E-state index contributed by atoms with van der Waals surface area (Å²) in [5.41, 5.74) is 4.58. The van der Waals surface area contributed by atoms with Crippen LogP contribution in [-0.4, -0.2) is 98.5 Å². The first-order valence-electron chi connectivity index (χ1n) is 23.8. The normalized spacial score (nSPS) is 18.8. The van der Waals surface area contributed by atoms with Gasteiger partial charge < -0.3 is 34.7 Å². The molecule has 3 aliphatic heterocycles. The molecule has 1 aliphatic carbocycles. The highest BCUT2D eigenvalue weighted by atomic mass is 35.5. The number of hydrogen-bond donors (Lipinski definition) is 3. The molecule has 6 heterocycles. The quantitative estimate of drug-likeness (QED) is 0.110. The summed E-state index contributed by atoms with van der Waals surface area (Å²) in [7, 11) is 1.61. The van der Waals surface area contributed by atoms with E-state index in [1.807, 2.05) is 18.2 Å². The molecule has 14 nitrogen and oxygen atoms in total. The molecular formula is C52H60ClF3N10O4. The number of alkyl halides is 3. The molecule has 3 N–H and O–H groups in total. The molecule has 3 aromatic heterocycles. The zero-order valence-corrected chi connectivity index (χ0v) is 41.2. The van der Waals surface area contributed by atoms with Gasteiger partial charge in [0.25, 0.3) is 11.5 Å². The number of benzene rings is 2. The summed E-state index contributed by atoms with van der Waals surface area (Å²) in [6, 6.07) is 14.5. The van der Waals surface area contributed by atoms with Gasteiger partial charge in [-0.15, -0.1) is 0 Å². The van der Waals surface area contributed by atoms with E-state index < -0.39 is 29.7 Å². The van der Waals surface area contributed by atoms with Crippen molar-refractivity contribution in [3.63, 3.8) is 0 Å². The number of rotatable bonds is 11. The van der Waals surface area contributed by atoms with Crippen LogP contribution in [-0.2, 0) is 43.3 Å². The smallest absolute Gasteiger partial charge is 0.392 e. The molecule has 370 valence electrons. The lowest BCUT2D eigenvalue weighted by Gasteiger charge is -2.47. The summed E-state index contributed by atoms with van der Waals surface area (Å²) in [5.74, 6) is -0.239. The fourth-order valence-corrected chi connectivity index (χ4v) is 11.2. The second kappa shape index (κ2) is 18.5. The van der Waals surface area contributed by atoms with Gasteiger partial charge in [-0.1, -0.05) is 32.0 Å². The number of nitrogens with zero attached hydrogens (tertiary/aromatic N) is 8. The first-order chi connectivity index (χ1) is 33.2. The number of hydrogen-bond acceptors (Lipinski definition) is 10. The molecule has 9 rings (SSSR count). The van der Waals surface area contributed by atoms with Crippen molar-refractivity contribution in [3.05, 3.63) is 117 Å². The number of carbonyl (C=O) groups excluding carboxylic acids is 2. The molecular weight excluding hydrogens is 921 g/mol. The third kappa shape index (κ3) is 9.07. The first kappa shape index (κ1) is 48.8. The predicted octanol–water partition coefficient (Wildman–Crippen LogP) is 8.46. The Bertz CT molecular complexity index is 2940. The van der Waals surface area contributed by atoms with Crippen LogP contribution in [0, 0.1) is 5.41 Å². The maximum atomic E-state index is 14.0. The van der Waals surface area contributed by atoms with E-state index in [-0.39, 0.29) is 39.8 Å². The SMILES string of the molecule is C=CC(=O)Nc1cc(Nc2nc(-c3ccnc(N4CCn5c(cc6c5CC(C)(C)C6)C4=O)c3CO)cn(C)c2=O)ccc1N1CCN(C2CCN(c3ccc(Cl)c(C(C)(C)C(F)(F)F)c3)CC2)C[C@@H]1C. The standard InChI is InChI=1S/C52H60ClF3N10O4/c1-8-45(68)59-40-24-33(9-12-42(40)64-20-19-63(28-31(64)2)34-14-17-62(18-15-34)35-10-11-39(53)38(25-35)51(5,6)52(54,55)56)58-46-49(70)61(7)29-41(60-46)36-13-16-57-47(37(36)30-67)66-22-21-65-43(48(66)69)23-32-26-50(3,4)27-44(32)65/h8-13,16,23-25,29,31,34,67H,1,14-15,17-22,26-28,30H2,2-7H3,(H,58,60)(H,59,68)/t31-/m0/s1. The topological polar surface area (TPSA) is 144 Å². The van der Waals surface area contributed by atoms with Crippen molar-refractivity contribution in [2.45, 2.75) is 97.1 Å². The minimum Gasteiger partial charge on any atom is -0.392 e. The van der Waals surface area contributed by atoms with Crippen LogP contribution in [0.25, 0.3) is 11.3 Å². The van der Waals surface area contributed by atoms with Gasteiger partial charge >= 0.3 is 6.18 Å². The van der Waals surface area contributed by atoms with E-state index in [0.29, 0.717) is 72.4 Å². The highest BCUT2D eigenvalue weighted by Crippen LogP contribution is 2.45. The van der Waals surface area contributed by atoms with Gasteiger partial charge in [-0.25, -0.2) is 9.97 Å². The fourth-order valence-electron chi connectivity index (χ4n) is 10.8. The molecule has 2 amide bonds. The van der Waals surface area contributed by atoms with Crippen LogP contribution in [0.4, 0.5) is 47.6 Å². The lowest BCUT2D eigenvalue weighted by atomic mass is 9.83. The van der Waals surface area contributed by atoms with Crippen molar-refractivity contribution < 1.29 is 27.9 Å². The number of anilines is 6. The highest BCUT2D eigenvalue weighted by Gasteiger charge is 2.49. The van der Waals surface area contributed by atoms with E-state index in [4.69, 9.17) is 16.6 Å². The Kier molecular flexibility index (Phi) is 12.9. The van der Waals surface area contributed by atoms with Crippen molar-refractivity contribution in [2.24, 2.45) is 12.5 Å². The Balaban J connectivity index is 0.906. The number of halogens is 4. The lowest BCUT2D eigenvalue weighted by molar-refractivity contribution is -0.180. The summed E-state index contributed by atoms with van der Waals surface area (Å²) in [4.78, 5) is 58.4. The zero-order chi connectivity index (χ0) is 50.0. The fraction of sp³-hybridized carbons (Fsp3) is 0.442. The Morgan fingerprint density at radius 1 is 1.00 bits per heavy atom. The monoisotopic (exact) mass is 980 g/mol. The van der Waals surface area contributed by atoms with Crippen LogP contribution >= 0.6 is 11.6 Å². The summed E-state index contributed by atoms with van der Waals surface area (Å²) >= 11 is 6.30. The number of aliphatic hydroxyl groups excluding tert-OH is 1. The van der Waals surface area contributed by atoms with Gasteiger partial charge in [0.15, 0.2) is 5.82 Å². The molecule has 1 atom stereocenters. The van der Waals surface area contributed by atoms with Gasteiger partial charge in [0.1, 0.15) is 11.5 Å². The van der Waals surface area contributed by atoms with Gasteiger partial charge in [0, 0.05) is 111 Å². The minimum atomic E-state index is -4.45. The number of amides is 2. The molecule has 0 unspecified atom stereocenters. The Morgan fingerprint density at radius 2 is 1.76 bits per heavy atom. The molecule has 0 spiro atoms. The minimum absolute atomic E-state index is 0.00925. The highest BCUT2D eigenvalue weighted by molar-refractivity contribution is 6.31. The first-order valence-corrected chi connectivity index (χ1v) is 24.2. The van der Waals surface area contributed by atoms with Crippen LogP contribution in [0.5, 0.6) is 0 Å². The van der Waals surface area contributed by atoms with Gasteiger partial charge in [0.2, 0.25) is 5.91 Å². The molecule has 4 aliphatic rings. The number of fused-ring (bicyclic) bond motifs is 3. The third-order valence-electron chi connectivity index (χ3n) is 14.8. The van der Waals surface area contributed by atoms with Crippen LogP contribution in [0.15, 0.2) is 78.4 Å². The molecule has 0 saturated carbocycles. The summed E-state index contributed by atoms with van der Waals surface area (Å²) in [6.07, 6.45) is 3.43. The molecule has 0 radical (unpaired) electrons. The number of aliphatic hydroxyl groups is 1. The van der Waals surface area contributed by atoms with Gasteiger partial charge in [-0.3, -0.25) is 24.2 Å². The lowest BCUT2D eigenvalue weighted by Crippen LogP contribution is -2.57. The van der Waals surface area contributed by atoms with Crippen molar-refractivity contribution in [1.82, 2.24) is 24.0 Å². The maximum Gasteiger partial charge on any atom is 0.397 e. The number of carbonyl (C=O) groups is 2. The Labute approximate surface area is 410 Å². The largest absolute Gasteiger partial charge is 0.397 e. The number of piperazine rings is 1. The molecule has 18 heteroatoms. The van der Waals surface area contributed by atoms with E-state index in [2.05, 4.69) is 62.2 Å². The number of piperidine rings is 1. The molecule has 2 saturated heterocycles. The zero-order valence-electron chi connectivity index (χ0n) is 40.5. The summed E-state index contributed by atoms with van der Waals surface area (Å²) in [5, 5.41) is 17.1. The van der Waals surface area contributed by atoms with E-state index in [9.17, 15) is 32.7 Å².